The molecule has 1 aliphatic carbocycles. The number of carbonyl (C=O) groups is 1. The third kappa shape index (κ3) is 4.29. The highest BCUT2D eigenvalue weighted by atomic mass is 16.1. The number of nitrogens with zero attached hydrogens (tertiary/aromatic N) is 3. The van der Waals surface area contributed by atoms with E-state index in [-0.39, 0.29) is 5.91 Å². The van der Waals surface area contributed by atoms with Crippen LogP contribution >= 0.6 is 0 Å². The molecule has 1 N–H and O–H groups in total. The van der Waals surface area contributed by atoms with Crippen LogP contribution in [0.2, 0.25) is 0 Å². The molecule has 0 unspecified atom stereocenters. The fraction of sp³-hybridized carbons (Fsp3) is 0.500. The lowest BCUT2D eigenvalue weighted by Crippen LogP contribution is -2.30. The second-order valence-electron chi connectivity index (χ2n) is 7.71. The maximum absolute atomic E-state index is 12.5. The van der Waals surface area contributed by atoms with E-state index < -0.39 is 0 Å². The molecule has 4 rings (SSSR count). The molecule has 27 heavy (non-hydrogen) atoms. The van der Waals surface area contributed by atoms with E-state index in [2.05, 4.69) is 20.2 Å². The summed E-state index contributed by atoms with van der Waals surface area (Å²) in [7, 11) is 0. The molecule has 1 aromatic carbocycles. The van der Waals surface area contributed by atoms with E-state index in [9.17, 15) is 4.79 Å². The van der Waals surface area contributed by atoms with Gasteiger partial charge in [-0.25, -0.2) is 4.98 Å². The Kier molecular flexibility index (Phi) is 5.66. The van der Waals surface area contributed by atoms with Gasteiger partial charge in [0.05, 0.1) is 0 Å². The first-order chi connectivity index (χ1) is 13.3. The third-order valence-corrected chi connectivity index (χ3v) is 5.78. The minimum absolute atomic E-state index is 0.0195. The van der Waals surface area contributed by atoms with Crippen molar-refractivity contribution in [3.63, 3.8) is 0 Å². The SMILES string of the molecule is O=C(NCC1CCCCC1)c1ccc(-c2nccnc2N2CCCC2)cc1. The van der Waals surface area contributed by atoms with Gasteiger partial charge in [-0.2, -0.15) is 0 Å². The average molecular weight is 364 g/mol. The number of hydrogen-bond acceptors (Lipinski definition) is 4. The van der Waals surface area contributed by atoms with Crippen LogP contribution in [0, 0.1) is 5.92 Å². The fourth-order valence-corrected chi connectivity index (χ4v) is 4.20. The number of carbonyl (C=O) groups excluding carboxylic acids is 1. The van der Waals surface area contributed by atoms with E-state index in [0.717, 1.165) is 36.7 Å². The molecule has 142 valence electrons. The first-order valence-corrected chi connectivity index (χ1v) is 10.3. The third-order valence-electron chi connectivity index (χ3n) is 5.78. The minimum Gasteiger partial charge on any atom is -0.355 e. The van der Waals surface area contributed by atoms with Crippen LogP contribution in [0.15, 0.2) is 36.7 Å². The zero-order chi connectivity index (χ0) is 18.5. The number of aromatic nitrogens is 2. The van der Waals surface area contributed by atoms with Crippen LogP contribution in [-0.2, 0) is 0 Å². The van der Waals surface area contributed by atoms with Crippen molar-refractivity contribution in [2.24, 2.45) is 5.92 Å². The monoisotopic (exact) mass is 364 g/mol. The smallest absolute Gasteiger partial charge is 0.251 e. The fourth-order valence-electron chi connectivity index (χ4n) is 4.20. The molecule has 1 amide bonds. The first-order valence-electron chi connectivity index (χ1n) is 10.3. The Bertz CT molecular complexity index is 762. The molecule has 2 aromatic rings. The van der Waals surface area contributed by atoms with Gasteiger partial charge in [0.1, 0.15) is 5.69 Å². The number of amides is 1. The molecule has 1 saturated heterocycles. The Labute approximate surface area is 161 Å². The van der Waals surface area contributed by atoms with Gasteiger partial charge in [0, 0.05) is 43.2 Å². The van der Waals surface area contributed by atoms with Crippen LogP contribution in [-0.4, -0.2) is 35.5 Å². The van der Waals surface area contributed by atoms with Gasteiger partial charge < -0.3 is 10.2 Å². The standard InChI is InChI=1S/C22H28N4O/c27-22(25-16-17-6-2-1-3-7-17)19-10-8-18(9-11-19)20-21(24-13-12-23-20)26-14-4-5-15-26/h8-13,17H,1-7,14-16H2,(H,25,27). The molecule has 0 bridgehead atoms. The van der Waals surface area contributed by atoms with Gasteiger partial charge in [-0.1, -0.05) is 31.4 Å². The van der Waals surface area contributed by atoms with Gasteiger partial charge in [-0.05, 0) is 43.7 Å². The van der Waals surface area contributed by atoms with Crippen molar-refractivity contribution >= 4 is 11.7 Å². The van der Waals surface area contributed by atoms with Crippen molar-refractivity contribution in [2.45, 2.75) is 44.9 Å². The number of hydrogen-bond donors (Lipinski definition) is 1. The Morgan fingerprint density at radius 2 is 1.67 bits per heavy atom. The molecule has 0 atom stereocenters. The van der Waals surface area contributed by atoms with Crippen LogP contribution in [0.3, 0.4) is 0 Å². The minimum atomic E-state index is 0.0195. The predicted molar refractivity (Wildman–Crippen MR) is 108 cm³/mol. The molecule has 2 aliphatic rings. The van der Waals surface area contributed by atoms with Gasteiger partial charge in [0.2, 0.25) is 0 Å². The highest BCUT2D eigenvalue weighted by Crippen LogP contribution is 2.29. The summed E-state index contributed by atoms with van der Waals surface area (Å²) in [5, 5.41) is 3.11. The lowest BCUT2D eigenvalue weighted by atomic mass is 9.89. The summed E-state index contributed by atoms with van der Waals surface area (Å²) in [6, 6.07) is 7.76. The van der Waals surface area contributed by atoms with Crippen LogP contribution in [0.5, 0.6) is 0 Å². The molecule has 5 heteroatoms. The zero-order valence-electron chi connectivity index (χ0n) is 15.9. The lowest BCUT2D eigenvalue weighted by Gasteiger charge is -2.21. The van der Waals surface area contributed by atoms with Crippen molar-refractivity contribution < 1.29 is 4.79 Å². The van der Waals surface area contributed by atoms with E-state index in [4.69, 9.17) is 0 Å². The molecular formula is C22H28N4O. The van der Waals surface area contributed by atoms with Crippen LogP contribution in [0.25, 0.3) is 11.3 Å². The van der Waals surface area contributed by atoms with Crippen molar-refractivity contribution in [3.8, 4) is 11.3 Å². The van der Waals surface area contributed by atoms with E-state index in [1.807, 2.05) is 24.3 Å². The van der Waals surface area contributed by atoms with E-state index in [0.29, 0.717) is 11.5 Å². The molecule has 5 nitrogen and oxygen atoms in total. The number of anilines is 1. The molecule has 0 spiro atoms. The number of benzene rings is 1. The molecule has 2 fully saturated rings. The summed E-state index contributed by atoms with van der Waals surface area (Å²) in [5.41, 5.74) is 2.61. The Balaban J connectivity index is 1.44. The number of nitrogens with one attached hydrogen (secondary N) is 1. The predicted octanol–water partition coefficient (Wildman–Crippen LogP) is 4.05. The second kappa shape index (κ2) is 8.51. The average Bonchev–Trinajstić information content (AvgIpc) is 3.28. The summed E-state index contributed by atoms with van der Waals surface area (Å²) < 4.78 is 0. The summed E-state index contributed by atoms with van der Waals surface area (Å²) in [6.45, 7) is 2.87. The van der Waals surface area contributed by atoms with Crippen LogP contribution in [0.4, 0.5) is 5.82 Å². The van der Waals surface area contributed by atoms with Gasteiger partial charge in [-0.15, -0.1) is 0 Å². The maximum Gasteiger partial charge on any atom is 0.251 e. The largest absolute Gasteiger partial charge is 0.355 e. The van der Waals surface area contributed by atoms with Crippen molar-refractivity contribution in [3.05, 3.63) is 42.2 Å². The van der Waals surface area contributed by atoms with E-state index >= 15 is 0 Å². The van der Waals surface area contributed by atoms with Crippen molar-refractivity contribution in [1.82, 2.24) is 15.3 Å². The summed E-state index contributed by atoms with van der Waals surface area (Å²) in [5.74, 6) is 1.61. The van der Waals surface area contributed by atoms with Crippen LogP contribution in [0.1, 0.15) is 55.3 Å². The maximum atomic E-state index is 12.5. The highest BCUT2D eigenvalue weighted by molar-refractivity contribution is 5.94. The Hall–Kier alpha value is -2.43. The Morgan fingerprint density at radius 3 is 2.41 bits per heavy atom. The van der Waals surface area contributed by atoms with Crippen molar-refractivity contribution in [2.75, 3.05) is 24.5 Å². The summed E-state index contributed by atoms with van der Waals surface area (Å²) in [4.78, 5) is 23.9. The van der Waals surface area contributed by atoms with E-state index in [1.165, 1.54) is 44.9 Å². The molecule has 1 saturated carbocycles. The molecule has 2 heterocycles. The van der Waals surface area contributed by atoms with Gasteiger partial charge >= 0.3 is 0 Å². The van der Waals surface area contributed by atoms with Crippen LogP contribution < -0.4 is 10.2 Å². The number of rotatable bonds is 5. The summed E-state index contributed by atoms with van der Waals surface area (Å²) >= 11 is 0. The topological polar surface area (TPSA) is 58.1 Å². The quantitative estimate of drug-likeness (QED) is 0.869. The van der Waals surface area contributed by atoms with Gasteiger partial charge in [0.25, 0.3) is 5.91 Å². The Morgan fingerprint density at radius 1 is 0.963 bits per heavy atom. The van der Waals surface area contributed by atoms with Gasteiger partial charge in [-0.3, -0.25) is 9.78 Å². The molecule has 0 radical (unpaired) electrons. The highest BCUT2D eigenvalue weighted by Gasteiger charge is 2.19. The summed E-state index contributed by atoms with van der Waals surface area (Å²) in [6.07, 6.45) is 12.3. The second-order valence-corrected chi connectivity index (χ2v) is 7.71. The van der Waals surface area contributed by atoms with E-state index in [1.54, 1.807) is 12.4 Å². The lowest BCUT2D eigenvalue weighted by molar-refractivity contribution is 0.0943. The van der Waals surface area contributed by atoms with Gasteiger partial charge in [0.15, 0.2) is 5.82 Å². The molecule has 1 aliphatic heterocycles. The normalized spacial score (nSPS) is 17.9. The zero-order valence-corrected chi connectivity index (χ0v) is 15.9. The molecular weight excluding hydrogens is 336 g/mol. The molecule has 1 aromatic heterocycles. The first kappa shape index (κ1) is 18.0. The van der Waals surface area contributed by atoms with Crippen molar-refractivity contribution in [1.29, 1.82) is 0 Å².